The van der Waals surface area contributed by atoms with E-state index in [-0.39, 0.29) is 16.5 Å². The second-order valence-corrected chi connectivity index (χ2v) is 6.42. The number of rotatable bonds is 4. The predicted octanol–water partition coefficient (Wildman–Crippen LogP) is 4.90. The first kappa shape index (κ1) is 19.8. The van der Waals surface area contributed by atoms with Crippen LogP contribution in [-0.2, 0) is 6.18 Å². The molecule has 0 saturated heterocycles. The maximum atomic E-state index is 13.7. The van der Waals surface area contributed by atoms with Gasteiger partial charge < -0.3 is 11.1 Å². The summed E-state index contributed by atoms with van der Waals surface area (Å²) in [5, 5.41) is 6.58. The van der Waals surface area contributed by atoms with Crippen LogP contribution in [0, 0.1) is 0 Å². The third kappa shape index (κ3) is 4.32. The number of aromatic nitrogens is 2. The molecule has 2 aromatic carbocycles. The zero-order chi connectivity index (χ0) is 20.3. The van der Waals surface area contributed by atoms with Crippen molar-refractivity contribution in [3.05, 3.63) is 65.3 Å². The summed E-state index contributed by atoms with van der Waals surface area (Å²) >= 11 is 10.5. The molecule has 3 aromatic rings. The smallest absolute Gasteiger partial charge is 0.374 e. The summed E-state index contributed by atoms with van der Waals surface area (Å²) in [5.41, 5.74) is 5.01. The summed E-state index contributed by atoms with van der Waals surface area (Å²) in [4.78, 5) is 3.62. The minimum atomic E-state index is -4.71. The normalized spacial score (nSPS) is 11.7. The molecule has 28 heavy (non-hydrogen) atoms. The first-order valence-electron chi connectivity index (χ1n) is 7.87. The molecule has 0 spiro atoms. The highest BCUT2D eigenvalue weighted by Crippen LogP contribution is 2.41. The Hall–Kier alpha value is -2.91. The first-order valence-corrected chi connectivity index (χ1v) is 8.66. The molecule has 0 atom stereocenters. The molecule has 0 aliphatic heterocycles. The maximum absolute atomic E-state index is 13.7. The Morgan fingerprint density at radius 1 is 1.14 bits per heavy atom. The number of halogens is 4. The van der Waals surface area contributed by atoms with Crippen molar-refractivity contribution in [2.24, 2.45) is 10.7 Å². The highest BCUT2D eigenvalue weighted by atomic mass is 35.5. The van der Waals surface area contributed by atoms with Crippen molar-refractivity contribution in [1.82, 2.24) is 9.78 Å². The highest BCUT2D eigenvalue weighted by Gasteiger charge is 2.40. The summed E-state index contributed by atoms with van der Waals surface area (Å²) in [7, 11) is 0. The molecule has 0 aliphatic rings. The van der Waals surface area contributed by atoms with Crippen LogP contribution in [0.25, 0.3) is 16.9 Å². The van der Waals surface area contributed by atoms with Gasteiger partial charge in [0, 0.05) is 10.6 Å². The number of aliphatic imine (C=N–C) groups is 1. The second-order valence-electron chi connectivity index (χ2n) is 5.56. The van der Waals surface area contributed by atoms with Crippen molar-refractivity contribution < 1.29 is 13.2 Å². The molecule has 3 rings (SSSR count). The van der Waals surface area contributed by atoms with Gasteiger partial charge in [-0.15, -0.1) is 0 Å². The molecular weight excluding hydrogens is 411 g/mol. The van der Waals surface area contributed by atoms with Crippen LogP contribution in [0.4, 0.5) is 18.9 Å². The number of nitrogens with one attached hydrogen (secondary N) is 1. The van der Waals surface area contributed by atoms with Crippen LogP contribution in [0.2, 0.25) is 5.02 Å². The molecule has 1 aromatic heterocycles. The van der Waals surface area contributed by atoms with Crippen LogP contribution in [0.15, 0.2) is 59.6 Å². The predicted molar refractivity (Wildman–Crippen MR) is 108 cm³/mol. The molecule has 1 heterocycles. The van der Waals surface area contributed by atoms with Crippen LogP contribution in [0.3, 0.4) is 0 Å². The van der Waals surface area contributed by atoms with E-state index in [1.165, 1.54) is 4.68 Å². The molecule has 5 nitrogen and oxygen atoms in total. The Morgan fingerprint density at radius 2 is 1.79 bits per heavy atom. The number of nitrogens with two attached hydrogens (primary N) is 1. The molecule has 3 N–H and O–H groups in total. The van der Waals surface area contributed by atoms with Crippen molar-refractivity contribution in [2.45, 2.75) is 6.18 Å². The molecule has 0 amide bonds. The molecule has 0 unspecified atom stereocenters. The number of hydrogen-bond donors (Lipinski definition) is 2. The quantitative estimate of drug-likeness (QED) is 0.356. The Balaban J connectivity index is 2.28. The number of para-hydroxylation sites is 1. The zero-order valence-electron chi connectivity index (χ0n) is 14.1. The fourth-order valence-electron chi connectivity index (χ4n) is 2.54. The molecule has 0 bridgehead atoms. The zero-order valence-corrected chi connectivity index (χ0v) is 15.7. The number of hydrogen-bond acceptors (Lipinski definition) is 2. The van der Waals surface area contributed by atoms with Gasteiger partial charge in [-0.05, 0) is 36.5 Å². The van der Waals surface area contributed by atoms with Crippen molar-refractivity contribution in [2.75, 3.05) is 5.32 Å². The van der Waals surface area contributed by atoms with Gasteiger partial charge in [-0.25, -0.2) is 9.67 Å². The van der Waals surface area contributed by atoms with Gasteiger partial charge in [0.05, 0.1) is 23.4 Å². The molecule has 0 saturated carbocycles. The Morgan fingerprint density at radius 3 is 2.36 bits per heavy atom. The van der Waals surface area contributed by atoms with E-state index in [9.17, 15) is 13.2 Å². The minimum Gasteiger partial charge on any atom is -0.374 e. The van der Waals surface area contributed by atoms with Crippen LogP contribution >= 0.6 is 23.8 Å². The largest absolute Gasteiger partial charge is 0.437 e. The Bertz CT molecular complexity index is 1010. The van der Waals surface area contributed by atoms with Gasteiger partial charge in [0.15, 0.2) is 10.8 Å². The van der Waals surface area contributed by atoms with Gasteiger partial charge in [0.1, 0.15) is 0 Å². The lowest BCUT2D eigenvalue weighted by atomic mass is 10.1. The third-order valence-electron chi connectivity index (χ3n) is 3.67. The average molecular weight is 424 g/mol. The van der Waals surface area contributed by atoms with E-state index in [0.717, 1.165) is 6.34 Å². The highest BCUT2D eigenvalue weighted by molar-refractivity contribution is 7.80. The lowest BCUT2D eigenvalue weighted by Crippen LogP contribution is -2.11. The molecule has 0 fully saturated rings. The standard InChI is InChI=1S/C18H13ClF3N5S/c19-12-8-6-11(7-9-12)15-14(24-10-25-17(23)28)16(18(20,21)22)26-27(15)13-4-2-1-3-5-13/h1-10H,(H3,23,24,25,28). The van der Waals surface area contributed by atoms with Crippen molar-refractivity contribution in [3.8, 4) is 16.9 Å². The van der Waals surface area contributed by atoms with Crippen LogP contribution in [0.5, 0.6) is 0 Å². The second kappa shape index (κ2) is 7.99. The van der Waals surface area contributed by atoms with E-state index in [1.807, 2.05) is 0 Å². The number of alkyl halides is 3. The topological polar surface area (TPSA) is 68.2 Å². The Labute approximate surface area is 168 Å². The summed E-state index contributed by atoms with van der Waals surface area (Å²) in [6.45, 7) is 0. The lowest BCUT2D eigenvalue weighted by molar-refractivity contribution is -0.140. The number of nitrogens with zero attached hydrogens (tertiary/aromatic N) is 3. The molecular formula is C18H13ClF3N5S. The fraction of sp³-hybridized carbons (Fsp3) is 0.0556. The van der Waals surface area contributed by atoms with Crippen molar-refractivity contribution >= 4 is 41.0 Å². The van der Waals surface area contributed by atoms with Crippen molar-refractivity contribution in [1.29, 1.82) is 0 Å². The van der Waals surface area contributed by atoms with Gasteiger partial charge >= 0.3 is 6.18 Å². The third-order valence-corrected chi connectivity index (χ3v) is 4.03. The van der Waals surface area contributed by atoms with Gasteiger partial charge in [-0.3, -0.25) is 0 Å². The molecule has 0 aliphatic carbocycles. The van der Waals surface area contributed by atoms with E-state index in [2.05, 4.69) is 27.6 Å². The van der Waals surface area contributed by atoms with Gasteiger partial charge in [-0.2, -0.15) is 18.3 Å². The van der Waals surface area contributed by atoms with E-state index >= 15 is 0 Å². The summed E-state index contributed by atoms with van der Waals surface area (Å²) < 4.78 is 42.3. The maximum Gasteiger partial charge on any atom is 0.437 e. The molecule has 144 valence electrons. The summed E-state index contributed by atoms with van der Waals surface area (Å²) in [6.07, 6.45) is -3.70. The molecule has 10 heteroatoms. The van der Waals surface area contributed by atoms with Crippen LogP contribution in [0.1, 0.15) is 5.69 Å². The van der Waals surface area contributed by atoms with Crippen LogP contribution < -0.4 is 11.1 Å². The number of anilines is 1. The SMILES string of the molecule is NC(=S)/N=C/Nc1c(C(F)(F)F)nn(-c2ccccc2)c1-c1ccc(Cl)cc1. The van der Waals surface area contributed by atoms with Gasteiger partial charge in [0.2, 0.25) is 0 Å². The fourth-order valence-corrected chi connectivity index (χ4v) is 2.72. The molecule has 0 radical (unpaired) electrons. The van der Waals surface area contributed by atoms with Crippen molar-refractivity contribution in [3.63, 3.8) is 0 Å². The number of benzene rings is 2. The Kier molecular flexibility index (Phi) is 5.66. The van der Waals surface area contributed by atoms with E-state index in [4.69, 9.17) is 17.3 Å². The van der Waals surface area contributed by atoms with E-state index in [1.54, 1.807) is 54.6 Å². The average Bonchev–Trinajstić information content (AvgIpc) is 3.03. The minimum absolute atomic E-state index is 0.185. The summed E-state index contributed by atoms with van der Waals surface area (Å²) in [6, 6.07) is 14.9. The lowest BCUT2D eigenvalue weighted by Gasteiger charge is -2.10. The summed E-state index contributed by atoms with van der Waals surface area (Å²) in [5.74, 6) is 0. The van der Waals surface area contributed by atoms with E-state index < -0.39 is 11.9 Å². The van der Waals surface area contributed by atoms with Gasteiger partial charge in [-0.1, -0.05) is 41.9 Å². The van der Waals surface area contributed by atoms with E-state index in [0.29, 0.717) is 16.3 Å². The first-order chi connectivity index (χ1) is 13.3. The number of thiocarbonyl (C=S) groups is 1. The monoisotopic (exact) mass is 423 g/mol. The van der Waals surface area contributed by atoms with Gasteiger partial charge in [0.25, 0.3) is 0 Å². The van der Waals surface area contributed by atoms with Crippen LogP contribution in [-0.4, -0.2) is 21.2 Å².